The molecule has 0 atom stereocenters. The number of hydrogen-bond donors (Lipinski definition) is 0. The van der Waals surface area contributed by atoms with Gasteiger partial charge >= 0.3 is 0 Å². The topological polar surface area (TPSA) is 46.1 Å². The van der Waals surface area contributed by atoms with Gasteiger partial charge in [-0.1, -0.05) is 60.7 Å². The molecular formula is C23H21N3OS. The Morgan fingerprint density at radius 3 is 2.46 bits per heavy atom. The fraction of sp³-hybridized carbons (Fsp3) is 0.174. The number of fused-ring (bicyclic) bond motifs is 1. The van der Waals surface area contributed by atoms with E-state index in [4.69, 9.17) is 4.98 Å². The third kappa shape index (κ3) is 4.10. The summed E-state index contributed by atoms with van der Waals surface area (Å²) in [7, 11) is 0. The molecule has 5 heteroatoms. The van der Waals surface area contributed by atoms with Crippen LogP contribution >= 0.6 is 11.3 Å². The number of amides is 1. The van der Waals surface area contributed by atoms with Gasteiger partial charge in [0.05, 0.1) is 23.2 Å². The average molecular weight is 388 g/mol. The number of pyridine rings is 1. The average Bonchev–Trinajstić information content (AvgIpc) is 3.17. The smallest absolute Gasteiger partial charge is 0.233 e. The molecule has 0 saturated carbocycles. The van der Waals surface area contributed by atoms with Crippen molar-refractivity contribution < 1.29 is 4.79 Å². The van der Waals surface area contributed by atoms with Crippen LogP contribution in [0.25, 0.3) is 10.2 Å². The van der Waals surface area contributed by atoms with E-state index in [0.29, 0.717) is 13.0 Å². The Bertz CT molecular complexity index is 1040. The molecule has 140 valence electrons. The van der Waals surface area contributed by atoms with Crippen LogP contribution in [0.15, 0.2) is 73.1 Å². The van der Waals surface area contributed by atoms with Crippen LogP contribution in [0.4, 0.5) is 5.13 Å². The van der Waals surface area contributed by atoms with E-state index in [0.717, 1.165) is 32.9 Å². The maximum atomic E-state index is 13.2. The van der Waals surface area contributed by atoms with Gasteiger partial charge < -0.3 is 0 Å². The second kappa shape index (κ2) is 8.31. The van der Waals surface area contributed by atoms with Gasteiger partial charge in [0.15, 0.2) is 5.13 Å². The predicted octanol–water partition coefficient (Wildman–Crippen LogP) is 5.03. The predicted molar refractivity (Wildman–Crippen MR) is 115 cm³/mol. The maximum absolute atomic E-state index is 13.2. The number of hydrogen-bond acceptors (Lipinski definition) is 4. The first-order valence-electron chi connectivity index (χ1n) is 9.35. The minimum atomic E-state index is 0.0344. The van der Waals surface area contributed by atoms with Gasteiger partial charge in [-0.3, -0.25) is 14.7 Å². The van der Waals surface area contributed by atoms with Crippen LogP contribution in [0.3, 0.4) is 0 Å². The molecule has 0 fully saturated rings. The molecule has 0 spiro atoms. The van der Waals surface area contributed by atoms with Gasteiger partial charge in [0.25, 0.3) is 0 Å². The summed E-state index contributed by atoms with van der Waals surface area (Å²) in [6.07, 6.45) is 4.87. The van der Waals surface area contributed by atoms with Crippen LogP contribution in [-0.2, 0) is 24.2 Å². The first-order valence-corrected chi connectivity index (χ1v) is 10.2. The van der Waals surface area contributed by atoms with Crippen LogP contribution < -0.4 is 4.90 Å². The monoisotopic (exact) mass is 387 g/mol. The Labute approximate surface area is 168 Å². The van der Waals surface area contributed by atoms with Crippen molar-refractivity contribution in [3.05, 3.63) is 89.7 Å². The zero-order valence-corrected chi connectivity index (χ0v) is 16.5. The van der Waals surface area contributed by atoms with Crippen LogP contribution in [0.1, 0.15) is 23.6 Å². The Kier molecular flexibility index (Phi) is 5.44. The summed E-state index contributed by atoms with van der Waals surface area (Å²) < 4.78 is 1.08. The number of aryl methyl sites for hydroxylation is 1. The molecule has 2 aromatic carbocycles. The molecule has 0 aliphatic rings. The highest BCUT2D eigenvalue weighted by molar-refractivity contribution is 7.22. The Morgan fingerprint density at radius 1 is 0.964 bits per heavy atom. The number of nitrogens with zero attached hydrogens (tertiary/aromatic N) is 3. The van der Waals surface area contributed by atoms with Crippen LogP contribution in [0.5, 0.6) is 0 Å². The number of aromatic nitrogens is 2. The van der Waals surface area contributed by atoms with E-state index in [2.05, 4.69) is 24.0 Å². The minimum absolute atomic E-state index is 0.0344. The third-order valence-electron chi connectivity index (χ3n) is 4.66. The number of anilines is 1. The van der Waals surface area contributed by atoms with E-state index in [1.165, 1.54) is 5.56 Å². The molecule has 2 aromatic heterocycles. The summed E-state index contributed by atoms with van der Waals surface area (Å²) in [5.74, 6) is 0.0344. The van der Waals surface area contributed by atoms with Crippen LogP contribution in [-0.4, -0.2) is 15.9 Å². The highest BCUT2D eigenvalue weighted by atomic mass is 32.1. The van der Waals surface area contributed by atoms with E-state index in [-0.39, 0.29) is 5.91 Å². The van der Waals surface area contributed by atoms with Gasteiger partial charge in [-0.15, -0.1) is 0 Å². The molecule has 0 N–H and O–H groups in total. The maximum Gasteiger partial charge on any atom is 0.233 e. The quantitative estimate of drug-likeness (QED) is 0.466. The van der Waals surface area contributed by atoms with E-state index in [1.54, 1.807) is 28.6 Å². The van der Waals surface area contributed by atoms with Crippen molar-refractivity contribution in [2.45, 2.75) is 26.3 Å². The molecule has 4 nitrogen and oxygen atoms in total. The molecule has 0 unspecified atom stereocenters. The van der Waals surface area contributed by atoms with Crippen molar-refractivity contribution in [3.63, 3.8) is 0 Å². The Hall–Kier alpha value is -3.05. The first kappa shape index (κ1) is 18.3. The summed E-state index contributed by atoms with van der Waals surface area (Å²) in [5.41, 5.74) is 4.18. The zero-order chi connectivity index (χ0) is 19.3. The second-order valence-electron chi connectivity index (χ2n) is 6.65. The number of benzene rings is 2. The summed E-state index contributed by atoms with van der Waals surface area (Å²) in [5, 5.41) is 0.722. The summed E-state index contributed by atoms with van der Waals surface area (Å²) in [6.45, 7) is 2.59. The van der Waals surface area contributed by atoms with Gasteiger partial charge in [0.1, 0.15) is 0 Å². The van der Waals surface area contributed by atoms with E-state index < -0.39 is 0 Å². The lowest BCUT2D eigenvalue weighted by Crippen LogP contribution is -2.31. The normalized spacial score (nSPS) is 10.9. The van der Waals surface area contributed by atoms with Gasteiger partial charge in [-0.2, -0.15) is 0 Å². The lowest BCUT2D eigenvalue weighted by atomic mass is 10.1. The van der Waals surface area contributed by atoms with Gasteiger partial charge in [-0.05, 0) is 41.3 Å². The molecule has 1 amide bonds. The minimum Gasteiger partial charge on any atom is -0.283 e. The van der Waals surface area contributed by atoms with Crippen molar-refractivity contribution in [1.82, 2.24) is 9.97 Å². The number of rotatable bonds is 6. The SMILES string of the molecule is CCc1ccc(CC(=O)N(Cc2cccnc2)c2nc3ccccc3s2)cc1. The lowest BCUT2D eigenvalue weighted by molar-refractivity contribution is -0.118. The molecular weight excluding hydrogens is 366 g/mol. The highest BCUT2D eigenvalue weighted by Gasteiger charge is 2.20. The van der Waals surface area contributed by atoms with Crippen molar-refractivity contribution >= 4 is 32.6 Å². The van der Waals surface area contributed by atoms with Crippen molar-refractivity contribution in [3.8, 4) is 0 Å². The molecule has 28 heavy (non-hydrogen) atoms. The van der Waals surface area contributed by atoms with E-state index in [9.17, 15) is 4.79 Å². The van der Waals surface area contributed by atoms with Crippen molar-refractivity contribution in [1.29, 1.82) is 0 Å². The third-order valence-corrected chi connectivity index (χ3v) is 5.72. The lowest BCUT2D eigenvalue weighted by Gasteiger charge is -2.20. The first-order chi connectivity index (χ1) is 13.7. The number of para-hydroxylation sites is 1. The molecule has 0 aliphatic carbocycles. The van der Waals surface area contributed by atoms with E-state index >= 15 is 0 Å². The molecule has 0 aliphatic heterocycles. The van der Waals surface area contributed by atoms with Crippen LogP contribution in [0.2, 0.25) is 0 Å². The summed E-state index contributed by atoms with van der Waals surface area (Å²) in [4.78, 5) is 23.9. The second-order valence-corrected chi connectivity index (χ2v) is 7.66. The molecule has 0 radical (unpaired) electrons. The van der Waals surface area contributed by atoms with Crippen molar-refractivity contribution in [2.24, 2.45) is 0 Å². The molecule has 4 aromatic rings. The van der Waals surface area contributed by atoms with Crippen LogP contribution in [0, 0.1) is 0 Å². The standard InChI is InChI=1S/C23H21N3OS/c1-2-17-9-11-18(12-10-17)14-22(27)26(16-19-6-5-13-24-15-19)23-25-20-7-3-4-8-21(20)28-23/h3-13,15H,2,14,16H2,1H3. The fourth-order valence-electron chi connectivity index (χ4n) is 3.08. The molecule has 2 heterocycles. The van der Waals surface area contributed by atoms with Crippen molar-refractivity contribution in [2.75, 3.05) is 4.90 Å². The van der Waals surface area contributed by atoms with Gasteiger partial charge in [0.2, 0.25) is 5.91 Å². The van der Waals surface area contributed by atoms with E-state index in [1.807, 2.05) is 48.5 Å². The largest absolute Gasteiger partial charge is 0.283 e. The number of thiazole rings is 1. The highest BCUT2D eigenvalue weighted by Crippen LogP contribution is 2.30. The summed E-state index contributed by atoms with van der Waals surface area (Å²) in [6, 6.07) is 20.1. The Morgan fingerprint density at radius 2 is 1.75 bits per heavy atom. The fourth-order valence-corrected chi connectivity index (χ4v) is 4.06. The summed E-state index contributed by atoms with van der Waals surface area (Å²) >= 11 is 1.54. The number of carbonyl (C=O) groups is 1. The number of carbonyl (C=O) groups excluding carboxylic acids is 1. The zero-order valence-electron chi connectivity index (χ0n) is 15.7. The Balaban J connectivity index is 1.64. The molecule has 0 bridgehead atoms. The molecule has 0 saturated heterocycles. The van der Waals surface area contributed by atoms with Gasteiger partial charge in [0, 0.05) is 12.4 Å². The van der Waals surface area contributed by atoms with Gasteiger partial charge in [-0.25, -0.2) is 4.98 Å². The molecule has 4 rings (SSSR count).